The summed E-state index contributed by atoms with van der Waals surface area (Å²) >= 11 is 4.25. The zero-order valence-electron chi connectivity index (χ0n) is 13.3. The predicted octanol–water partition coefficient (Wildman–Crippen LogP) is 5.48. The van der Waals surface area contributed by atoms with Gasteiger partial charge in [-0.2, -0.15) is 12.6 Å². The van der Waals surface area contributed by atoms with Crippen molar-refractivity contribution in [3.8, 4) is 0 Å². The summed E-state index contributed by atoms with van der Waals surface area (Å²) in [5, 5.41) is 0. The van der Waals surface area contributed by atoms with Crippen molar-refractivity contribution in [2.24, 2.45) is 0 Å². The second-order valence-electron chi connectivity index (χ2n) is 5.56. The normalized spacial score (nSPS) is 10.8. The van der Waals surface area contributed by atoms with Crippen molar-refractivity contribution >= 4 is 18.3 Å². The van der Waals surface area contributed by atoms with Gasteiger partial charge in [0.05, 0.1) is 0 Å². The average Bonchev–Trinajstić information content (AvgIpc) is 2.47. The molecule has 1 rings (SSSR count). The van der Waals surface area contributed by atoms with Gasteiger partial charge < -0.3 is 4.90 Å². The molecule has 2 heteroatoms. The van der Waals surface area contributed by atoms with Crippen LogP contribution in [0.3, 0.4) is 0 Å². The maximum Gasteiger partial charge on any atom is 0.0395 e. The van der Waals surface area contributed by atoms with Gasteiger partial charge in [0.15, 0.2) is 0 Å². The van der Waals surface area contributed by atoms with E-state index in [9.17, 15) is 0 Å². The molecule has 1 nitrogen and oxygen atoms in total. The van der Waals surface area contributed by atoms with Crippen LogP contribution in [0.4, 0.5) is 5.69 Å². The fraction of sp³-hybridized carbons (Fsp3) is 0.667. The van der Waals surface area contributed by atoms with Crippen LogP contribution in [0.15, 0.2) is 24.3 Å². The summed E-state index contributed by atoms with van der Waals surface area (Å²) in [6.45, 7) is 6.76. The lowest BCUT2D eigenvalue weighted by molar-refractivity contribution is 0.586. The van der Waals surface area contributed by atoms with E-state index < -0.39 is 0 Å². The molecule has 1 aromatic carbocycles. The third-order valence-corrected chi connectivity index (χ3v) is 4.24. The van der Waals surface area contributed by atoms with E-state index in [0.717, 1.165) is 12.3 Å². The molecule has 0 fully saturated rings. The van der Waals surface area contributed by atoms with Crippen molar-refractivity contribution in [3.63, 3.8) is 0 Å². The van der Waals surface area contributed by atoms with Gasteiger partial charge >= 0.3 is 0 Å². The average molecular weight is 294 g/mol. The standard InChI is InChI=1S/C18H31NS/c1-3-19(18-14-10-9-13-17(18)2)15-11-7-5-4-6-8-12-16-20/h9-10,13-14,20H,3-8,11-12,15-16H2,1-2H3. The molecule has 0 aliphatic carbocycles. The van der Waals surface area contributed by atoms with Crippen LogP contribution in [0.1, 0.15) is 57.4 Å². The minimum absolute atomic E-state index is 1.04. The monoisotopic (exact) mass is 293 g/mol. The van der Waals surface area contributed by atoms with Crippen molar-refractivity contribution in [2.45, 2.75) is 58.8 Å². The molecule has 0 unspecified atom stereocenters. The molecule has 0 saturated heterocycles. The van der Waals surface area contributed by atoms with Crippen LogP contribution < -0.4 is 4.90 Å². The summed E-state index contributed by atoms with van der Waals surface area (Å²) in [6, 6.07) is 8.72. The largest absolute Gasteiger partial charge is 0.372 e. The van der Waals surface area contributed by atoms with Gasteiger partial charge in [0.2, 0.25) is 0 Å². The molecule has 0 aliphatic rings. The molecule has 1 aromatic rings. The lowest BCUT2D eigenvalue weighted by Gasteiger charge is -2.25. The zero-order valence-corrected chi connectivity index (χ0v) is 14.2. The van der Waals surface area contributed by atoms with E-state index >= 15 is 0 Å². The third-order valence-electron chi connectivity index (χ3n) is 3.92. The van der Waals surface area contributed by atoms with Crippen LogP contribution in [0.25, 0.3) is 0 Å². The van der Waals surface area contributed by atoms with Gasteiger partial charge in [-0.3, -0.25) is 0 Å². The van der Waals surface area contributed by atoms with Crippen LogP contribution in [0.2, 0.25) is 0 Å². The number of benzene rings is 1. The molecule has 0 aromatic heterocycles. The van der Waals surface area contributed by atoms with E-state index in [1.54, 1.807) is 0 Å². The van der Waals surface area contributed by atoms with Gasteiger partial charge in [0.1, 0.15) is 0 Å². The third kappa shape index (κ3) is 6.69. The second kappa shape index (κ2) is 11.1. The van der Waals surface area contributed by atoms with E-state index in [4.69, 9.17) is 0 Å². The Hall–Kier alpha value is -0.630. The van der Waals surface area contributed by atoms with E-state index in [1.165, 1.54) is 62.7 Å². The summed E-state index contributed by atoms with van der Waals surface area (Å²) in [7, 11) is 0. The van der Waals surface area contributed by atoms with Crippen molar-refractivity contribution in [1.29, 1.82) is 0 Å². The quantitative estimate of drug-likeness (QED) is 0.417. The van der Waals surface area contributed by atoms with Crippen molar-refractivity contribution < 1.29 is 0 Å². The second-order valence-corrected chi connectivity index (χ2v) is 6.01. The minimum Gasteiger partial charge on any atom is -0.372 e. The van der Waals surface area contributed by atoms with E-state index in [1.807, 2.05) is 0 Å². The lowest BCUT2D eigenvalue weighted by Crippen LogP contribution is -2.24. The molecule has 20 heavy (non-hydrogen) atoms. The van der Waals surface area contributed by atoms with Gasteiger partial charge in [-0.15, -0.1) is 0 Å². The van der Waals surface area contributed by atoms with Gasteiger partial charge in [-0.25, -0.2) is 0 Å². The van der Waals surface area contributed by atoms with Crippen LogP contribution in [0, 0.1) is 6.92 Å². The van der Waals surface area contributed by atoms with Crippen molar-refractivity contribution in [2.75, 3.05) is 23.7 Å². The van der Waals surface area contributed by atoms with E-state index in [2.05, 4.69) is 55.6 Å². The highest BCUT2D eigenvalue weighted by Gasteiger charge is 2.05. The minimum atomic E-state index is 1.04. The summed E-state index contributed by atoms with van der Waals surface area (Å²) in [4.78, 5) is 2.51. The predicted molar refractivity (Wildman–Crippen MR) is 95.2 cm³/mol. The molecule has 0 aliphatic heterocycles. The molecule has 0 heterocycles. The first-order valence-corrected chi connectivity index (χ1v) is 8.84. The van der Waals surface area contributed by atoms with Gasteiger partial charge in [0, 0.05) is 18.8 Å². The number of anilines is 1. The zero-order chi connectivity index (χ0) is 14.6. The molecule has 0 N–H and O–H groups in total. The summed E-state index contributed by atoms with van der Waals surface area (Å²) in [6.07, 6.45) is 9.48. The molecule has 0 saturated carbocycles. The Morgan fingerprint density at radius 2 is 1.50 bits per heavy atom. The molecule has 0 bridgehead atoms. The summed E-state index contributed by atoms with van der Waals surface area (Å²) in [5.41, 5.74) is 2.80. The van der Waals surface area contributed by atoms with E-state index in [-0.39, 0.29) is 0 Å². The number of nitrogens with zero attached hydrogens (tertiary/aromatic N) is 1. The SMILES string of the molecule is CCN(CCCCCCCCCS)c1ccccc1C. The first-order chi connectivity index (χ1) is 9.79. The molecule has 0 spiro atoms. The topological polar surface area (TPSA) is 3.24 Å². The Morgan fingerprint density at radius 1 is 0.900 bits per heavy atom. The van der Waals surface area contributed by atoms with Crippen LogP contribution in [0.5, 0.6) is 0 Å². The first-order valence-electron chi connectivity index (χ1n) is 8.21. The van der Waals surface area contributed by atoms with Crippen molar-refractivity contribution in [3.05, 3.63) is 29.8 Å². The van der Waals surface area contributed by atoms with Crippen LogP contribution in [-0.2, 0) is 0 Å². The fourth-order valence-electron chi connectivity index (χ4n) is 2.67. The molecule has 0 atom stereocenters. The number of hydrogen-bond acceptors (Lipinski definition) is 2. The van der Waals surface area contributed by atoms with E-state index in [0.29, 0.717) is 0 Å². The number of unbranched alkanes of at least 4 members (excludes halogenated alkanes) is 6. The smallest absolute Gasteiger partial charge is 0.0395 e. The maximum atomic E-state index is 4.25. The summed E-state index contributed by atoms with van der Waals surface area (Å²) in [5.74, 6) is 1.04. The van der Waals surface area contributed by atoms with Crippen LogP contribution >= 0.6 is 12.6 Å². The molecule has 0 radical (unpaired) electrons. The maximum absolute atomic E-state index is 4.25. The van der Waals surface area contributed by atoms with Crippen LogP contribution in [-0.4, -0.2) is 18.8 Å². The Morgan fingerprint density at radius 3 is 2.10 bits per heavy atom. The van der Waals surface area contributed by atoms with Crippen molar-refractivity contribution in [1.82, 2.24) is 0 Å². The number of aryl methyl sites for hydroxylation is 1. The Kier molecular flexibility index (Phi) is 9.65. The molecular formula is C18H31NS. The highest BCUT2D eigenvalue weighted by Crippen LogP contribution is 2.20. The lowest BCUT2D eigenvalue weighted by atomic mass is 10.1. The fourth-order valence-corrected chi connectivity index (χ4v) is 2.89. The molecule has 114 valence electrons. The Balaban J connectivity index is 2.18. The first kappa shape index (κ1) is 17.4. The molecule has 0 amide bonds. The Labute approximate surface area is 131 Å². The highest BCUT2D eigenvalue weighted by atomic mass is 32.1. The molecular weight excluding hydrogens is 262 g/mol. The Bertz CT molecular complexity index is 351. The van der Waals surface area contributed by atoms with Gasteiger partial charge in [-0.1, -0.05) is 50.3 Å². The highest BCUT2D eigenvalue weighted by molar-refractivity contribution is 7.80. The summed E-state index contributed by atoms with van der Waals surface area (Å²) < 4.78 is 0. The number of thiol groups is 1. The number of hydrogen-bond donors (Lipinski definition) is 1. The van der Waals surface area contributed by atoms with Gasteiger partial charge in [-0.05, 0) is 44.1 Å². The number of rotatable bonds is 11. The van der Waals surface area contributed by atoms with Gasteiger partial charge in [0.25, 0.3) is 0 Å². The number of para-hydroxylation sites is 1.